The van der Waals surface area contributed by atoms with E-state index in [0.717, 1.165) is 18.5 Å². The quantitative estimate of drug-likeness (QED) is 0.905. The van der Waals surface area contributed by atoms with Crippen molar-refractivity contribution in [3.8, 4) is 0 Å². The first kappa shape index (κ1) is 12.3. The molecule has 1 unspecified atom stereocenters. The minimum atomic E-state index is 0.139. The first-order valence-corrected chi connectivity index (χ1v) is 6.80. The van der Waals surface area contributed by atoms with E-state index in [9.17, 15) is 0 Å². The second kappa shape index (κ2) is 5.02. The first-order valence-electron chi connectivity index (χ1n) is 5.86. The summed E-state index contributed by atoms with van der Waals surface area (Å²) in [5.41, 5.74) is 11.1. The van der Waals surface area contributed by atoms with E-state index in [2.05, 4.69) is 35.8 Å². The van der Waals surface area contributed by atoms with E-state index < -0.39 is 0 Å². The number of thiophene rings is 1. The molecule has 0 bridgehead atoms. The maximum atomic E-state index is 6.17. The molecule has 4 heteroatoms. The highest BCUT2D eigenvalue weighted by Gasteiger charge is 2.12. The lowest BCUT2D eigenvalue weighted by molar-refractivity contribution is 0.649. The smallest absolute Gasteiger partial charge is 0.0628 e. The highest BCUT2D eigenvalue weighted by Crippen LogP contribution is 2.21. The van der Waals surface area contributed by atoms with Crippen molar-refractivity contribution in [3.63, 3.8) is 0 Å². The lowest BCUT2D eigenvalue weighted by atomic mass is 10.0. The van der Waals surface area contributed by atoms with Crippen LogP contribution in [0.5, 0.6) is 0 Å². The van der Waals surface area contributed by atoms with Gasteiger partial charge in [0.25, 0.3) is 0 Å². The number of hydrogen-bond acceptors (Lipinski definition) is 3. The zero-order valence-corrected chi connectivity index (χ0v) is 11.4. The number of nitrogens with zero attached hydrogens (tertiary/aromatic N) is 2. The number of hydrogen-bond donors (Lipinski definition) is 1. The lowest BCUT2D eigenvalue weighted by Crippen LogP contribution is -2.10. The fraction of sp³-hybridized carbons (Fsp3) is 0.462. The second-order valence-electron chi connectivity index (χ2n) is 4.47. The maximum absolute atomic E-state index is 6.17. The number of aryl methyl sites for hydroxylation is 2. The van der Waals surface area contributed by atoms with Gasteiger partial charge in [0, 0.05) is 18.8 Å². The zero-order chi connectivity index (χ0) is 12.4. The Balaban J connectivity index is 2.03. The summed E-state index contributed by atoms with van der Waals surface area (Å²) in [6.45, 7) is 4.18. The van der Waals surface area contributed by atoms with Crippen molar-refractivity contribution >= 4 is 11.3 Å². The fourth-order valence-corrected chi connectivity index (χ4v) is 2.86. The predicted molar refractivity (Wildman–Crippen MR) is 72.3 cm³/mol. The number of nitrogens with two attached hydrogens (primary N) is 1. The summed E-state index contributed by atoms with van der Waals surface area (Å²) in [7, 11) is 1.99. The Hall–Kier alpha value is -1.13. The van der Waals surface area contributed by atoms with Crippen molar-refractivity contribution in [2.45, 2.75) is 32.7 Å². The van der Waals surface area contributed by atoms with E-state index in [-0.39, 0.29) is 6.04 Å². The van der Waals surface area contributed by atoms with Gasteiger partial charge in [-0.2, -0.15) is 16.4 Å². The van der Waals surface area contributed by atoms with Crippen LogP contribution in [0.1, 0.15) is 35.0 Å². The van der Waals surface area contributed by atoms with Crippen molar-refractivity contribution in [1.82, 2.24) is 9.78 Å². The van der Waals surface area contributed by atoms with Gasteiger partial charge >= 0.3 is 0 Å². The Morgan fingerprint density at radius 2 is 2.24 bits per heavy atom. The van der Waals surface area contributed by atoms with Gasteiger partial charge in [-0.05, 0) is 54.6 Å². The minimum Gasteiger partial charge on any atom is -0.324 e. The van der Waals surface area contributed by atoms with Crippen molar-refractivity contribution < 1.29 is 0 Å². The SMILES string of the molecule is Cc1nn(C)c(C)c1CCC(N)c1ccsc1. The van der Waals surface area contributed by atoms with Gasteiger partial charge in [0.15, 0.2) is 0 Å². The monoisotopic (exact) mass is 249 g/mol. The second-order valence-corrected chi connectivity index (χ2v) is 5.25. The average molecular weight is 249 g/mol. The van der Waals surface area contributed by atoms with Crippen molar-refractivity contribution in [2.75, 3.05) is 0 Å². The minimum absolute atomic E-state index is 0.139. The predicted octanol–water partition coefficient (Wildman–Crippen LogP) is 2.73. The number of aromatic nitrogens is 2. The molecule has 0 aliphatic heterocycles. The molecule has 2 rings (SSSR count). The van der Waals surface area contributed by atoms with Crippen molar-refractivity contribution in [3.05, 3.63) is 39.3 Å². The molecule has 3 nitrogen and oxygen atoms in total. The van der Waals surface area contributed by atoms with Gasteiger partial charge in [-0.15, -0.1) is 0 Å². The Morgan fingerprint density at radius 1 is 1.47 bits per heavy atom. The van der Waals surface area contributed by atoms with Crippen LogP contribution in [-0.4, -0.2) is 9.78 Å². The highest BCUT2D eigenvalue weighted by atomic mass is 32.1. The summed E-state index contributed by atoms with van der Waals surface area (Å²) in [5.74, 6) is 0. The molecular formula is C13H19N3S. The van der Waals surface area contributed by atoms with E-state index in [1.165, 1.54) is 16.8 Å². The van der Waals surface area contributed by atoms with Crippen LogP contribution in [0.3, 0.4) is 0 Å². The largest absolute Gasteiger partial charge is 0.324 e. The van der Waals surface area contributed by atoms with Gasteiger partial charge in [0.05, 0.1) is 5.69 Å². The third-order valence-corrected chi connectivity index (χ3v) is 4.04. The molecule has 2 N–H and O–H groups in total. The van der Waals surface area contributed by atoms with Gasteiger partial charge in [-0.25, -0.2) is 0 Å². The molecule has 0 fully saturated rings. The molecule has 92 valence electrons. The van der Waals surface area contributed by atoms with Crippen LogP contribution in [0.2, 0.25) is 0 Å². The summed E-state index contributed by atoms with van der Waals surface area (Å²) in [4.78, 5) is 0. The summed E-state index contributed by atoms with van der Waals surface area (Å²) in [6, 6.07) is 2.25. The molecule has 2 aromatic heterocycles. The van der Waals surface area contributed by atoms with E-state index in [4.69, 9.17) is 5.73 Å². The fourth-order valence-electron chi connectivity index (χ4n) is 2.13. The summed E-state index contributed by atoms with van der Waals surface area (Å²) < 4.78 is 1.95. The Morgan fingerprint density at radius 3 is 2.76 bits per heavy atom. The van der Waals surface area contributed by atoms with Crippen LogP contribution in [0.25, 0.3) is 0 Å². The molecule has 2 heterocycles. The van der Waals surface area contributed by atoms with Gasteiger partial charge < -0.3 is 5.73 Å². The molecule has 1 atom stereocenters. The Labute approximate surface area is 106 Å². The zero-order valence-electron chi connectivity index (χ0n) is 10.6. The topological polar surface area (TPSA) is 43.8 Å². The Kier molecular flexibility index (Phi) is 3.64. The lowest BCUT2D eigenvalue weighted by Gasteiger charge is -2.09. The van der Waals surface area contributed by atoms with Crippen molar-refractivity contribution in [1.29, 1.82) is 0 Å². The Bertz CT molecular complexity index is 485. The number of rotatable bonds is 4. The normalized spacial score (nSPS) is 12.9. The summed E-state index contributed by atoms with van der Waals surface area (Å²) >= 11 is 1.70. The molecule has 0 saturated heterocycles. The van der Waals surface area contributed by atoms with E-state index in [1.807, 2.05) is 11.7 Å². The molecule has 0 amide bonds. The van der Waals surface area contributed by atoms with Crippen LogP contribution in [0.15, 0.2) is 16.8 Å². The van der Waals surface area contributed by atoms with E-state index in [1.54, 1.807) is 11.3 Å². The highest BCUT2D eigenvalue weighted by molar-refractivity contribution is 7.07. The van der Waals surface area contributed by atoms with Gasteiger partial charge in [0.2, 0.25) is 0 Å². The third kappa shape index (κ3) is 2.58. The molecule has 17 heavy (non-hydrogen) atoms. The average Bonchev–Trinajstić information content (AvgIpc) is 2.88. The molecular weight excluding hydrogens is 230 g/mol. The molecule has 2 aromatic rings. The van der Waals surface area contributed by atoms with Gasteiger partial charge in [0.1, 0.15) is 0 Å². The molecule has 0 aromatic carbocycles. The van der Waals surface area contributed by atoms with E-state index >= 15 is 0 Å². The van der Waals surface area contributed by atoms with Crippen LogP contribution in [0.4, 0.5) is 0 Å². The van der Waals surface area contributed by atoms with Crippen LogP contribution < -0.4 is 5.73 Å². The molecule has 0 spiro atoms. The molecule has 0 saturated carbocycles. The van der Waals surface area contributed by atoms with E-state index in [0.29, 0.717) is 0 Å². The van der Waals surface area contributed by atoms with Gasteiger partial charge in [-0.1, -0.05) is 0 Å². The van der Waals surface area contributed by atoms with Crippen LogP contribution >= 0.6 is 11.3 Å². The van der Waals surface area contributed by atoms with Crippen LogP contribution in [-0.2, 0) is 13.5 Å². The van der Waals surface area contributed by atoms with Crippen molar-refractivity contribution in [2.24, 2.45) is 12.8 Å². The summed E-state index contributed by atoms with van der Waals surface area (Å²) in [6.07, 6.45) is 1.98. The molecule has 0 aliphatic carbocycles. The molecule has 0 radical (unpaired) electrons. The third-order valence-electron chi connectivity index (χ3n) is 3.34. The maximum Gasteiger partial charge on any atom is 0.0628 e. The molecule has 0 aliphatic rings. The first-order chi connectivity index (χ1) is 8.09. The van der Waals surface area contributed by atoms with Crippen LogP contribution in [0, 0.1) is 13.8 Å². The standard InChI is InChI=1S/C13H19N3S/c1-9-12(10(2)16(3)15-9)4-5-13(14)11-6-7-17-8-11/h6-8,13H,4-5,14H2,1-3H3. The summed E-state index contributed by atoms with van der Waals surface area (Å²) in [5, 5.41) is 8.64. The van der Waals surface area contributed by atoms with Gasteiger partial charge in [-0.3, -0.25) is 4.68 Å².